The molecule has 1 amide bonds. The summed E-state index contributed by atoms with van der Waals surface area (Å²) in [5.74, 6) is 1.35. The lowest BCUT2D eigenvalue weighted by Gasteiger charge is -2.22. The van der Waals surface area contributed by atoms with Crippen LogP contribution in [0.4, 0.5) is 11.4 Å². The maximum absolute atomic E-state index is 12.9. The molecule has 1 N–H and O–H groups in total. The molecule has 4 rings (SSSR count). The number of hydrogen-bond donors (Lipinski definition) is 1. The minimum atomic E-state index is -0.178. The Morgan fingerprint density at radius 1 is 1.14 bits per heavy atom. The Bertz CT molecular complexity index is 1060. The molecule has 0 atom stereocenters. The Kier molecular flexibility index (Phi) is 5.21. The second-order valence-corrected chi connectivity index (χ2v) is 7.60. The summed E-state index contributed by atoms with van der Waals surface area (Å²) in [6.07, 6.45) is 3.32. The first kappa shape index (κ1) is 19.0. The molecule has 1 fully saturated rings. The molecule has 1 aliphatic carbocycles. The molecule has 29 heavy (non-hydrogen) atoms. The summed E-state index contributed by atoms with van der Waals surface area (Å²) in [7, 11) is 3.73. The summed E-state index contributed by atoms with van der Waals surface area (Å²) in [6, 6.07) is 16.6. The largest absolute Gasteiger partial charge is 0.497 e. The second-order valence-electron chi connectivity index (χ2n) is 7.60. The number of aldehydes is 1. The van der Waals surface area contributed by atoms with E-state index >= 15 is 0 Å². The van der Waals surface area contributed by atoms with E-state index in [2.05, 4.69) is 17.3 Å². The number of hydrogen-bond acceptors (Lipinski definition) is 4. The SMILES string of the molecule is COc1ccc2cc(C(=O)Nc3ccc(C=O)cc3)cc(N(C)CC3CC3)c2c1. The van der Waals surface area contributed by atoms with E-state index in [4.69, 9.17) is 4.74 Å². The van der Waals surface area contributed by atoms with Crippen molar-refractivity contribution in [2.75, 3.05) is 30.9 Å². The van der Waals surface area contributed by atoms with E-state index in [1.165, 1.54) is 12.8 Å². The van der Waals surface area contributed by atoms with Gasteiger partial charge < -0.3 is 15.0 Å². The second kappa shape index (κ2) is 7.95. The standard InChI is InChI=1S/C24H24N2O3/c1-26(14-16-3-4-16)23-12-19(11-18-7-10-21(29-2)13-22(18)23)24(28)25-20-8-5-17(15-27)6-9-20/h5-13,15-16H,3-4,14H2,1-2H3,(H,25,28). The smallest absolute Gasteiger partial charge is 0.255 e. The van der Waals surface area contributed by atoms with Gasteiger partial charge in [-0.2, -0.15) is 0 Å². The van der Waals surface area contributed by atoms with Gasteiger partial charge in [-0.15, -0.1) is 0 Å². The molecular weight excluding hydrogens is 364 g/mol. The zero-order valence-electron chi connectivity index (χ0n) is 16.6. The molecule has 0 bridgehead atoms. The Hall–Kier alpha value is -3.34. The average Bonchev–Trinajstić information content (AvgIpc) is 3.56. The van der Waals surface area contributed by atoms with Crippen LogP contribution in [0.5, 0.6) is 5.75 Å². The number of anilines is 2. The summed E-state index contributed by atoms with van der Waals surface area (Å²) in [6.45, 7) is 0.977. The van der Waals surface area contributed by atoms with Crippen LogP contribution in [0.3, 0.4) is 0 Å². The third-order valence-corrected chi connectivity index (χ3v) is 5.35. The van der Waals surface area contributed by atoms with Gasteiger partial charge in [-0.3, -0.25) is 9.59 Å². The molecule has 0 radical (unpaired) electrons. The van der Waals surface area contributed by atoms with Gasteiger partial charge >= 0.3 is 0 Å². The highest BCUT2D eigenvalue weighted by Gasteiger charge is 2.24. The molecule has 0 aromatic heterocycles. The van der Waals surface area contributed by atoms with Crippen molar-refractivity contribution >= 4 is 34.3 Å². The number of carbonyl (C=O) groups excluding carboxylic acids is 2. The van der Waals surface area contributed by atoms with Crippen molar-refractivity contribution in [3.63, 3.8) is 0 Å². The summed E-state index contributed by atoms with van der Waals surface area (Å²) < 4.78 is 5.40. The maximum atomic E-state index is 12.9. The van der Waals surface area contributed by atoms with Crippen molar-refractivity contribution in [3.8, 4) is 5.75 Å². The minimum absolute atomic E-state index is 0.178. The molecule has 3 aromatic carbocycles. The molecule has 0 unspecified atom stereocenters. The van der Waals surface area contributed by atoms with E-state index in [1.54, 1.807) is 31.4 Å². The molecule has 0 heterocycles. The van der Waals surface area contributed by atoms with E-state index in [-0.39, 0.29) is 5.91 Å². The number of nitrogens with zero attached hydrogens (tertiary/aromatic N) is 1. The van der Waals surface area contributed by atoms with Crippen molar-refractivity contribution in [1.82, 2.24) is 0 Å². The van der Waals surface area contributed by atoms with Gasteiger partial charge in [0.15, 0.2) is 0 Å². The molecule has 1 aliphatic rings. The quantitative estimate of drug-likeness (QED) is 0.593. The highest BCUT2D eigenvalue weighted by atomic mass is 16.5. The molecule has 0 saturated heterocycles. The molecule has 0 spiro atoms. The maximum Gasteiger partial charge on any atom is 0.255 e. The predicted octanol–water partition coefficient (Wildman–Crippen LogP) is 4.76. The van der Waals surface area contributed by atoms with Gasteiger partial charge in [0.25, 0.3) is 5.91 Å². The summed E-state index contributed by atoms with van der Waals surface area (Å²) in [5, 5.41) is 4.98. The van der Waals surface area contributed by atoms with Crippen LogP contribution in [-0.2, 0) is 0 Å². The third kappa shape index (κ3) is 4.24. The van der Waals surface area contributed by atoms with Crippen LogP contribution in [0.1, 0.15) is 33.6 Å². The van der Waals surface area contributed by atoms with E-state index in [1.807, 2.05) is 30.3 Å². The molecule has 5 nitrogen and oxygen atoms in total. The van der Waals surface area contributed by atoms with Crippen LogP contribution < -0.4 is 15.0 Å². The minimum Gasteiger partial charge on any atom is -0.497 e. The Balaban J connectivity index is 1.69. The van der Waals surface area contributed by atoms with Crippen molar-refractivity contribution in [2.45, 2.75) is 12.8 Å². The van der Waals surface area contributed by atoms with Gasteiger partial charge in [-0.25, -0.2) is 0 Å². The van der Waals surface area contributed by atoms with Crippen LogP contribution in [0, 0.1) is 5.92 Å². The van der Waals surface area contributed by atoms with E-state index in [0.29, 0.717) is 16.8 Å². The molecule has 0 aliphatic heterocycles. The summed E-state index contributed by atoms with van der Waals surface area (Å²) >= 11 is 0. The summed E-state index contributed by atoms with van der Waals surface area (Å²) in [4.78, 5) is 26.0. The highest BCUT2D eigenvalue weighted by Crippen LogP contribution is 2.35. The van der Waals surface area contributed by atoms with Crippen molar-refractivity contribution in [2.24, 2.45) is 5.92 Å². The number of fused-ring (bicyclic) bond motifs is 1. The van der Waals surface area contributed by atoms with Crippen molar-refractivity contribution in [1.29, 1.82) is 0 Å². The molecule has 5 heteroatoms. The normalized spacial score (nSPS) is 13.2. The lowest BCUT2D eigenvalue weighted by atomic mass is 10.0. The zero-order chi connectivity index (χ0) is 20.4. The number of amides is 1. The van der Waals surface area contributed by atoms with Gasteiger partial charge in [0.05, 0.1) is 7.11 Å². The topological polar surface area (TPSA) is 58.6 Å². The Morgan fingerprint density at radius 2 is 1.90 bits per heavy atom. The van der Waals surface area contributed by atoms with E-state index < -0.39 is 0 Å². The number of nitrogens with one attached hydrogen (secondary N) is 1. The first-order valence-electron chi connectivity index (χ1n) is 9.77. The number of ether oxygens (including phenoxy) is 1. The predicted molar refractivity (Wildman–Crippen MR) is 116 cm³/mol. The van der Waals surface area contributed by atoms with Crippen LogP contribution in [0.15, 0.2) is 54.6 Å². The van der Waals surface area contributed by atoms with Crippen LogP contribution in [-0.4, -0.2) is 32.9 Å². The lowest BCUT2D eigenvalue weighted by molar-refractivity contribution is 0.102. The van der Waals surface area contributed by atoms with Gasteiger partial charge in [-0.1, -0.05) is 6.07 Å². The Labute approximate surface area is 170 Å². The number of methoxy groups -OCH3 is 1. The van der Waals surface area contributed by atoms with Gasteiger partial charge in [0.2, 0.25) is 0 Å². The third-order valence-electron chi connectivity index (χ3n) is 5.35. The number of rotatable bonds is 7. The van der Waals surface area contributed by atoms with Crippen molar-refractivity contribution in [3.05, 3.63) is 65.7 Å². The van der Waals surface area contributed by atoms with E-state index in [0.717, 1.165) is 41.0 Å². The fraction of sp³-hybridized carbons (Fsp3) is 0.250. The Morgan fingerprint density at radius 3 is 2.55 bits per heavy atom. The molecule has 148 valence electrons. The fourth-order valence-electron chi connectivity index (χ4n) is 3.53. The van der Waals surface area contributed by atoms with Crippen LogP contribution >= 0.6 is 0 Å². The zero-order valence-corrected chi connectivity index (χ0v) is 16.6. The van der Waals surface area contributed by atoms with Gasteiger partial charge in [-0.05, 0) is 72.7 Å². The molecular formula is C24H24N2O3. The number of carbonyl (C=O) groups is 2. The monoisotopic (exact) mass is 388 g/mol. The fourth-order valence-corrected chi connectivity index (χ4v) is 3.53. The van der Waals surface area contributed by atoms with E-state index in [9.17, 15) is 9.59 Å². The van der Waals surface area contributed by atoms with Crippen LogP contribution in [0.25, 0.3) is 10.8 Å². The van der Waals surface area contributed by atoms with Gasteiger partial charge in [0.1, 0.15) is 12.0 Å². The van der Waals surface area contributed by atoms with Crippen molar-refractivity contribution < 1.29 is 14.3 Å². The van der Waals surface area contributed by atoms with Gasteiger partial charge in [0, 0.05) is 41.5 Å². The lowest BCUT2D eigenvalue weighted by Crippen LogP contribution is -2.21. The molecule has 3 aromatic rings. The molecule has 1 saturated carbocycles. The average molecular weight is 388 g/mol. The summed E-state index contributed by atoms with van der Waals surface area (Å²) in [5.41, 5.74) is 2.85. The highest BCUT2D eigenvalue weighted by molar-refractivity contribution is 6.09. The first-order chi connectivity index (χ1) is 14.1. The first-order valence-corrected chi connectivity index (χ1v) is 9.77. The van der Waals surface area contributed by atoms with Crippen LogP contribution in [0.2, 0.25) is 0 Å². The number of benzene rings is 3.